The number of carbonyl (C=O) groups is 2. The van der Waals surface area contributed by atoms with E-state index in [0.29, 0.717) is 12.8 Å². The van der Waals surface area contributed by atoms with Crippen molar-refractivity contribution in [1.29, 1.82) is 0 Å². The molecule has 2 aliphatic rings. The number of ketones is 1. The highest BCUT2D eigenvalue weighted by Gasteiger charge is 2.44. The molecular weight excluding hydrogens is 454 g/mol. The van der Waals surface area contributed by atoms with Gasteiger partial charge in [0, 0.05) is 17.7 Å². The van der Waals surface area contributed by atoms with Crippen molar-refractivity contribution >= 4 is 29.2 Å². The lowest BCUT2D eigenvalue weighted by Gasteiger charge is -2.34. The van der Waals surface area contributed by atoms with E-state index in [1.165, 1.54) is 0 Å². The smallest absolute Gasteiger partial charge is 0.308 e. The van der Waals surface area contributed by atoms with Gasteiger partial charge in [-0.3, -0.25) is 9.59 Å². The van der Waals surface area contributed by atoms with Gasteiger partial charge >= 0.3 is 5.97 Å². The van der Waals surface area contributed by atoms with Crippen molar-refractivity contribution < 1.29 is 29.3 Å². The van der Waals surface area contributed by atoms with Crippen molar-refractivity contribution in [3.63, 3.8) is 0 Å². The molecule has 2 aliphatic heterocycles. The molecular formula is C26H39NO6S. The van der Waals surface area contributed by atoms with E-state index in [1.54, 1.807) is 32.1 Å². The molecule has 190 valence electrons. The van der Waals surface area contributed by atoms with E-state index in [0.717, 1.165) is 29.1 Å². The normalized spacial score (nSPS) is 36.0. The first-order chi connectivity index (χ1) is 15.9. The first-order valence-electron chi connectivity index (χ1n) is 12.3. The second-order valence-electron chi connectivity index (χ2n) is 10.6. The van der Waals surface area contributed by atoms with Gasteiger partial charge in [-0.25, -0.2) is 4.98 Å². The number of aromatic nitrogens is 1. The minimum Gasteiger partial charge on any atom is -0.459 e. The minimum absolute atomic E-state index is 0.0810. The molecule has 0 aromatic carbocycles. The zero-order valence-corrected chi connectivity index (χ0v) is 21.9. The van der Waals surface area contributed by atoms with Crippen molar-refractivity contribution in [2.75, 3.05) is 0 Å². The van der Waals surface area contributed by atoms with Crippen LogP contribution >= 0.6 is 11.3 Å². The number of esters is 1. The molecule has 0 spiro atoms. The molecule has 1 aromatic heterocycles. The molecule has 7 nitrogen and oxygen atoms in total. The molecule has 0 amide bonds. The number of ether oxygens (including phenoxy) is 2. The standard InChI is InChI=1S/C26H39NO6S/c1-14-8-7-9-19-21(11-20(32-19)15(2)10-18-13-34-17(4)27-18)33-23(29)12-22(28)26(5,6)25(31)16(3)24(14)30/h10,13-14,16,19-22,24,28,30H,7-9,11-12H2,1-6H3/b15-10+/t14-,16-,19-,20+,21-,22-,24-/m1/s1. The molecule has 0 unspecified atom stereocenters. The molecule has 0 saturated carbocycles. The summed E-state index contributed by atoms with van der Waals surface area (Å²) in [5, 5.41) is 24.6. The monoisotopic (exact) mass is 493 g/mol. The van der Waals surface area contributed by atoms with Crippen LogP contribution in [0.15, 0.2) is 11.0 Å². The highest BCUT2D eigenvalue weighted by Crippen LogP contribution is 2.35. The molecule has 7 atom stereocenters. The Kier molecular flexibility index (Phi) is 8.71. The third-order valence-electron chi connectivity index (χ3n) is 7.49. The molecule has 2 N–H and O–H groups in total. The quantitative estimate of drug-likeness (QED) is 0.598. The number of hydrogen-bond acceptors (Lipinski definition) is 8. The van der Waals surface area contributed by atoms with Crippen molar-refractivity contribution in [3.8, 4) is 0 Å². The Balaban J connectivity index is 1.79. The fourth-order valence-electron chi connectivity index (χ4n) is 5.00. The average molecular weight is 494 g/mol. The molecule has 3 rings (SSSR count). The average Bonchev–Trinajstić information content (AvgIpc) is 3.36. The van der Waals surface area contributed by atoms with Crippen LogP contribution in [0.25, 0.3) is 6.08 Å². The zero-order valence-electron chi connectivity index (χ0n) is 21.1. The number of aliphatic hydroxyl groups is 2. The van der Waals surface area contributed by atoms with Crippen LogP contribution < -0.4 is 0 Å². The van der Waals surface area contributed by atoms with E-state index < -0.39 is 35.6 Å². The zero-order chi connectivity index (χ0) is 25.2. The van der Waals surface area contributed by atoms with Gasteiger partial charge in [-0.1, -0.05) is 34.1 Å². The van der Waals surface area contributed by atoms with E-state index in [2.05, 4.69) is 4.98 Å². The third-order valence-corrected chi connectivity index (χ3v) is 8.28. The summed E-state index contributed by atoms with van der Waals surface area (Å²) >= 11 is 1.59. The number of nitrogens with zero attached hydrogens (tertiary/aromatic N) is 1. The van der Waals surface area contributed by atoms with Crippen molar-refractivity contribution in [2.45, 2.75) is 104 Å². The van der Waals surface area contributed by atoms with Gasteiger partial charge in [0.15, 0.2) is 0 Å². The largest absolute Gasteiger partial charge is 0.459 e. The first-order valence-corrected chi connectivity index (χ1v) is 13.1. The van der Waals surface area contributed by atoms with Crippen LogP contribution in [0.5, 0.6) is 0 Å². The Morgan fingerprint density at radius 2 is 1.91 bits per heavy atom. The lowest BCUT2D eigenvalue weighted by molar-refractivity contribution is -0.158. The highest BCUT2D eigenvalue weighted by atomic mass is 32.1. The molecule has 0 aliphatic carbocycles. The van der Waals surface area contributed by atoms with E-state index in [4.69, 9.17) is 9.47 Å². The predicted octanol–water partition coefficient (Wildman–Crippen LogP) is 4.09. The number of hydrogen-bond donors (Lipinski definition) is 2. The van der Waals surface area contributed by atoms with Crippen molar-refractivity contribution in [2.24, 2.45) is 17.3 Å². The summed E-state index contributed by atoms with van der Waals surface area (Å²) in [5.74, 6) is -1.50. The van der Waals surface area contributed by atoms with Gasteiger partial charge in [-0.15, -0.1) is 11.3 Å². The van der Waals surface area contributed by atoms with Crippen LogP contribution in [-0.2, 0) is 19.1 Å². The molecule has 8 heteroatoms. The Labute approximate surface area is 206 Å². The maximum atomic E-state index is 13.1. The third kappa shape index (κ3) is 6.14. The fourth-order valence-corrected chi connectivity index (χ4v) is 5.57. The molecule has 3 heterocycles. The van der Waals surface area contributed by atoms with E-state index in [9.17, 15) is 19.8 Å². The summed E-state index contributed by atoms with van der Waals surface area (Å²) in [6.07, 6.45) is 1.57. The Bertz CT molecular complexity index is 909. The molecule has 0 radical (unpaired) electrons. The maximum absolute atomic E-state index is 13.1. The van der Waals surface area contributed by atoms with Gasteiger partial charge in [-0.05, 0) is 44.3 Å². The van der Waals surface area contributed by atoms with Gasteiger partial charge in [0.05, 0.1) is 47.0 Å². The minimum atomic E-state index is -1.20. The van der Waals surface area contributed by atoms with E-state index in [1.807, 2.05) is 32.2 Å². The van der Waals surface area contributed by atoms with Gasteiger partial charge < -0.3 is 19.7 Å². The lowest BCUT2D eigenvalue weighted by atomic mass is 9.73. The predicted molar refractivity (Wildman–Crippen MR) is 131 cm³/mol. The summed E-state index contributed by atoms with van der Waals surface area (Å²) in [7, 11) is 0. The summed E-state index contributed by atoms with van der Waals surface area (Å²) in [5.41, 5.74) is 0.740. The fraction of sp³-hybridized carbons (Fsp3) is 0.731. The number of thiazole rings is 1. The van der Waals surface area contributed by atoms with Crippen LogP contribution in [0, 0.1) is 24.2 Å². The Morgan fingerprint density at radius 3 is 2.56 bits per heavy atom. The van der Waals surface area contributed by atoms with Crippen LogP contribution in [0.4, 0.5) is 0 Å². The topological polar surface area (TPSA) is 106 Å². The van der Waals surface area contributed by atoms with Crippen LogP contribution in [0.3, 0.4) is 0 Å². The molecule has 34 heavy (non-hydrogen) atoms. The number of fused-ring (bicyclic) bond motifs is 1. The van der Waals surface area contributed by atoms with Gasteiger partial charge in [-0.2, -0.15) is 0 Å². The first kappa shape index (κ1) is 27.0. The second-order valence-corrected chi connectivity index (χ2v) is 11.7. The highest BCUT2D eigenvalue weighted by molar-refractivity contribution is 7.09. The summed E-state index contributed by atoms with van der Waals surface area (Å²) in [4.78, 5) is 30.3. The summed E-state index contributed by atoms with van der Waals surface area (Å²) < 4.78 is 12.1. The van der Waals surface area contributed by atoms with Gasteiger partial charge in [0.25, 0.3) is 0 Å². The van der Waals surface area contributed by atoms with Crippen LogP contribution in [-0.4, -0.2) is 57.5 Å². The number of aryl methyl sites for hydroxylation is 1. The summed E-state index contributed by atoms with van der Waals surface area (Å²) in [6.45, 7) is 10.9. The maximum Gasteiger partial charge on any atom is 0.308 e. The van der Waals surface area contributed by atoms with Gasteiger partial charge in [0.2, 0.25) is 0 Å². The van der Waals surface area contributed by atoms with Crippen LogP contribution in [0.2, 0.25) is 0 Å². The second kappa shape index (κ2) is 11.0. The van der Waals surface area contributed by atoms with Crippen LogP contribution in [0.1, 0.15) is 77.4 Å². The molecule has 0 bridgehead atoms. The Morgan fingerprint density at radius 1 is 1.21 bits per heavy atom. The van der Waals surface area contributed by atoms with E-state index >= 15 is 0 Å². The number of rotatable bonds is 2. The number of Topliss-reactive ketones (excluding diaryl/α,β-unsaturated/α-hetero) is 1. The summed E-state index contributed by atoms with van der Waals surface area (Å²) in [6, 6.07) is 0. The lowest BCUT2D eigenvalue weighted by Crippen LogP contribution is -2.46. The molecule has 2 saturated heterocycles. The van der Waals surface area contributed by atoms with E-state index in [-0.39, 0.29) is 30.3 Å². The SMILES string of the molecule is C/C(=C\c1csc(C)n1)[C@@H]1C[C@H]2OC(=O)C[C@@H](O)C(C)(C)C(=O)[C@H](C)[C@H](O)[C@H](C)CCC[C@H]2O1. The number of aliphatic hydroxyl groups excluding tert-OH is 2. The van der Waals surface area contributed by atoms with Crippen molar-refractivity contribution in [1.82, 2.24) is 4.98 Å². The van der Waals surface area contributed by atoms with Gasteiger partial charge in [0.1, 0.15) is 11.9 Å². The Hall–Kier alpha value is -1.61. The van der Waals surface area contributed by atoms with Crippen molar-refractivity contribution in [3.05, 3.63) is 21.7 Å². The number of carbonyl (C=O) groups excluding carboxylic acids is 2. The molecule has 1 aromatic rings. The molecule has 2 fully saturated rings.